The van der Waals surface area contributed by atoms with Crippen LogP contribution in [-0.2, 0) is 11.3 Å². The first kappa shape index (κ1) is 15.2. The normalized spacial score (nSPS) is 17.7. The van der Waals surface area contributed by atoms with E-state index < -0.39 is 11.2 Å². The Hall–Kier alpha value is -2.71. The van der Waals surface area contributed by atoms with Crippen LogP contribution in [0.4, 0.5) is 0 Å². The highest BCUT2D eigenvalue weighted by molar-refractivity contribution is 5.76. The molecule has 3 heterocycles. The summed E-state index contributed by atoms with van der Waals surface area (Å²) < 4.78 is 6.36. The van der Waals surface area contributed by atoms with Crippen molar-refractivity contribution >= 4 is 5.91 Å². The Labute approximate surface area is 130 Å². The van der Waals surface area contributed by atoms with Crippen LogP contribution in [-0.4, -0.2) is 43.6 Å². The first-order valence-corrected chi connectivity index (χ1v) is 7.32. The average molecular weight is 319 g/mol. The van der Waals surface area contributed by atoms with E-state index in [1.54, 1.807) is 18.7 Å². The third-order valence-corrected chi connectivity index (χ3v) is 3.93. The number of carbonyl (C=O) groups excluding carboxylic acids is 1. The number of aromatic amines is 1. The number of nitrogens with one attached hydrogen (secondary N) is 1. The zero-order chi connectivity index (χ0) is 16.6. The van der Waals surface area contributed by atoms with Crippen LogP contribution >= 0.6 is 0 Å². The molecule has 1 N–H and O–H groups in total. The van der Waals surface area contributed by atoms with Gasteiger partial charge >= 0.3 is 5.69 Å². The summed E-state index contributed by atoms with van der Waals surface area (Å²) >= 11 is 0. The number of H-pyrrole nitrogens is 1. The Kier molecular flexibility index (Phi) is 3.85. The van der Waals surface area contributed by atoms with Crippen LogP contribution in [0.15, 0.2) is 20.3 Å². The van der Waals surface area contributed by atoms with Gasteiger partial charge in [-0.3, -0.25) is 19.1 Å². The summed E-state index contributed by atoms with van der Waals surface area (Å²) in [6, 6.07) is 0. The molecular weight excluding hydrogens is 302 g/mol. The van der Waals surface area contributed by atoms with Crippen molar-refractivity contribution in [3.63, 3.8) is 0 Å². The van der Waals surface area contributed by atoms with Crippen LogP contribution in [0.5, 0.6) is 0 Å². The highest BCUT2D eigenvalue weighted by Gasteiger charge is 2.30. The second-order valence-corrected chi connectivity index (χ2v) is 5.70. The lowest BCUT2D eigenvalue weighted by Crippen LogP contribution is -2.38. The molecule has 2 aromatic heterocycles. The minimum Gasteiger partial charge on any atom is -0.340 e. The van der Waals surface area contributed by atoms with Gasteiger partial charge in [-0.15, -0.1) is 0 Å². The molecule has 9 nitrogen and oxygen atoms in total. The van der Waals surface area contributed by atoms with Gasteiger partial charge in [0, 0.05) is 24.8 Å². The number of amides is 1. The van der Waals surface area contributed by atoms with Crippen molar-refractivity contribution in [2.45, 2.75) is 32.7 Å². The van der Waals surface area contributed by atoms with Crippen LogP contribution in [0.25, 0.3) is 0 Å². The van der Waals surface area contributed by atoms with E-state index in [0.717, 1.165) is 6.42 Å². The van der Waals surface area contributed by atoms with Gasteiger partial charge in [0.2, 0.25) is 11.8 Å². The molecule has 0 spiro atoms. The zero-order valence-corrected chi connectivity index (χ0v) is 12.9. The van der Waals surface area contributed by atoms with E-state index in [1.165, 1.54) is 10.8 Å². The van der Waals surface area contributed by atoms with Crippen LogP contribution < -0.4 is 11.2 Å². The van der Waals surface area contributed by atoms with Crippen molar-refractivity contribution in [1.29, 1.82) is 0 Å². The molecule has 0 unspecified atom stereocenters. The summed E-state index contributed by atoms with van der Waals surface area (Å²) in [4.78, 5) is 43.5. The van der Waals surface area contributed by atoms with Gasteiger partial charge < -0.3 is 9.42 Å². The van der Waals surface area contributed by atoms with Gasteiger partial charge in [0.15, 0.2) is 5.82 Å². The van der Waals surface area contributed by atoms with E-state index in [0.29, 0.717) is 30.4 Å². The lowest BCUT2D eigenvalue weighted by atomic mass is 10.1. The standard InChI is InChI=1S/C14H17N5O4/c1-8-5-19(14(22)16-12(8)21)7-11(20)18-4-3-10(6-18)13-15-9(2)17-23-13/h5,10H,3-4,6-7H2,1-2H3,(H,16,21,22)/t10-/m1/s1. The van der Waals surface area contributed by atoms with Crippen molar-refractivity contribution in [2.24, 2.45) is 0 Å². The van der Waals surface area contributed by atoms with Crippen LogP contribution in [0.3, 0.4) is 0 Å². The predicted octanol–water partition coefficient (Wildman–Crippen LogP) is -0.447. The topological polar surface area (TPSA) is 114 Å². The van der Waals surface area contributed by atoms with Crippen molar-refractivity contribution in [2.75, 3.05) is 13.1 Å². The molecule has 9 heteroatoms. The third-order valence-electron chi connectivity index (χ3n) is 3.93. The second-order valence-electron chi connectivity index (χ2n) is 5.70. The smallest absolute Gasteiger partial charge is 0.328 e. The fraction of sp³-hybridized carbons (Fsp3) is 0.500. The molecule has 1 aliphatic heterocycles. The van der Waals surface area contributed by atoms with E-state index in [4.69, 9.17) is 4.52 Å². The molecular formula is C14H17N5O4. The first-order valence-electron chi connectivity index (χ1n) is 7.32. The fourth-order valence-electron chi connectivity index (χ4n) is 2.65. The van der Waals surface area contributed by atoms with E-state index in [2.05, 4.69) is 15.1 Å². The first-order chi connectivity index (χ1) is 10.9. The van der Waals surface area contributed by atoms with Crippen LogP contribution in [0, 0.1) is 13.8 Å². The number of nitrogens with zero attached hydrogens (tertiary/aromatic N) is 4. The number of aryl methyl sites for hydroxylation is 2. The third kappa shape index (κ3) is 3.08. The minimum atomic E-state index is -0.586. The maximum Gasteiger partial charge on any atom is 0.328 e. The van der Waals surface area contributed by atoms with E-state index in [1.807, 2.05) is 0 Å². The number of hydrogen-bond acceptors (Lipinski definition) is 6. The second kappa shape index (κ2) is 5.82. The number of rotatable bonds is 3. The summed E-state index contributed by atoms with van der Waals surface area (Å²) in [6.45, 7) is 4.28. The lowest BCUT2D eigenvalue weighted by Gasteiger charge is -2.16. The quantitative estimate of drug-likeness (QED) is 0.820. The molecule has 1 saturated heterocycles. The molecule has 23 heavy (non-hydrogen) atoms. The minimum absolute atomic E-state index is 0.0224. The molecule has 0 radical (unpaired) electrons. The number of hydrogen-bond donors (Lipinski definition) is 1. The molecule has 0 saturated carbocycles. The van der Waals surface area contributed by atoms with E-state index >= 15 is 0 Å². The molecule has 1 amide bonds. The van der Waals surface area contributed by atoms with Gasteiger partial charge in [-0.1, -0.05) is 5.16 Å². The Balaban J connectivity index is 1.69. The van der Waals surface area contributed by atoms with Gasteiger partial charge in [0.25, 0.3) is 5.56 Å². The monoisotopic (exact) mass is 319 g/mol. The Morgan fingerprint density at radius 2 is 2.22 bits per heavy atom. The van der Waals surface area contributed by atoms with Crippen molar-refractivity contribution in [1.82, 2.24) is 24.6 Å². The molecule has 0 aliphatic carbocycles. The number of carbonyl (C=O) groups is 1. The highest BCUT2D eigenvalue weighted by atomic mass is 16.5. The Morgan fingerprint density at radius 3 is 2.91 bits per heavy atom. The van der Waals surface area contributed by atoms with Gasteiger partial charge in [0.1, 0.15) is 6.54 Å². The number of aromatic nitrogens is 4. The van der Waals surface area contributed by atoms with Gasteiger partial charge in [-0.05, 0) is 20.3 Å². The molecule has 1 atom stereocenters. The predicted molar refractivity (Wildman–Crippen MR) is 79.0 cm³/mol. The molecule has 0 bridgehead atoms. The van der Waals surface area contributed by atoms with Crippen molar-refractivity contribution < 1.29 is 9.32 Å². The maximum atomic E-state index is 12.4. The van der Waals surface area contributed by atoms with Crippen LogP contribution in [0.2, 0.25) is 0 Å². The maximum absolute atomic E-state index is 12.4. The summed E-state index contributed by atoms with van der Waals surface area (Å²) in [5.41, 5.74) is -0.637. The van der Waals surface area contributed by atoms with E-state index in [9.17, 15) is 14.4 Å². The van der Waals surface area contributed by atoms with Gasteiger partial charge in [-0.2, -0.15) is 4.98 Å². The molecule has 1 fully saturated rings. The molecule has 0 aromatic carbocycles. The Morgan fingerprint density at radius 1 is 1.43 bits per heavy atom. The number of likely N-dealkylation sites (tertiary alicyclic amines) is 1. The summed E-state index contributed by atoms with van der Waals surface area (Å²) in [5, 5.41) is 3.76. The zero-order valence-electron chi connectivity index (χ0n) is 12.9. The summed E-state index contributed by atoms with van der Waals surface area (Å²) in [6.07, 6.45) is 2.14. The molecule has 2 aromatic rings. The van der Waals surface area contributed by atoms with Gasteiger partial charge in [-0.25, -0.2) is 4.79 Å². The van der Waals surface area contributed by atoms with Crippen molar-refractivity contribution in [3.8, 4) is 0 Å². The highest BCUT2D eigenvalue weighted by Crippen LogP contribution is 2.25. The van der Waals surface area contributed by atoms with Crippen molar-refractivity contribution in [3.05, 3.63) is 44.3 Å². The fourth-order valence-corrected chi connectivity index (χ4v) is 2.65. The summed E-state index contributed by atoms with van der Waals surface area (Å²) in [5.74, 6) is 0.946. The average Bonchev–Trinajstić information content (AvgIpc) is 3.13. The van der Waals surface area contributed by atoms with E-state index in [-0.39, 0.29) is 18.4 Å². The summed E-state index contributed by atoms with van der Waals surface area (Å²) in [7, 11) is 0. The SMILES string of the molecule is Cc1noc([C@@H]2CCN(C(=O)Cn3cc(C)c(=O)[nH]c3=O)C2)n1. The Bertz CT molecular complexity index is 849. The van der Waals surface area contributed by atoms with Crippen LogP contribution in [0.1, 0.15) is 29.6 Å². The molecule has 1 aliphatic rings. The molecule has 3 rings (SSSR count). The lowest BCUT2D eigenvalue weighted by molar-refractivity contribution is -0.130. The molecule has 122 valence electrons. The largest absolute Gasteiger partial charge is 0.340 e. The van der Waals surface area contributed by atoms with Gasteiger partial charge in [0.05, 0.1) is 5.92 Å².